The molecule has 0 saturated heterocycles. The van der Waals surface area contributed by atoms with Crippen LogP contribution >= 0.6 is 0 Å². The number of benzene rings is 2. The van der Waals surface area contributed by atoms with Gasteiger partial charge in [0, 0.05) is 5.56 Å². The second-order valence-corrected chi connectivity index (χ2v) is 4.53. The van der Waals surface area contributed by atoms with Crippen LogP contribution in [-0.2, 0) is 0 Å². The second-order valence-electron chi connectivity index (χ2n) is 4.53. The molecule has 0 bridgehead atoms. The Hall–Kier alpha value is -2.47. The summed E-state index contributed by atoms with van der Waals surface area (Å²) in [5.74, 6) is -0.578. The molecular weight excluding hydrogens is 292 g/mol. The van der Waals surface area contributed by atoms with Crippen molar-refractivity contribution in [2.45, 2.75) is 12.7 Å². The summed E-state index contributed by atoms with van der Waals surface area (Å²) < 4.78 is 28.6. The van der Waals surface area contributed by atoms with E-state index in [0.717, 1.165) is 5.56 Å². The predicted octanol–water partition coefficient (Wildman–Crippen LogP) is 2.75. The van der Waals surface area contributed by atoms with Crippen molar-refractivity contribution in [3.8, 4) is 5.75 Å². The fourth-order valence-corrected chi connectivity index (χ4v) is 1.97. The van der Waals surface area contributed by atoms with Crippen LogP contribution in [-0.4, -0.2) is 24.2 Å². The van der Waals surface area contributed by atoms with Crippen LogP contribution in [0.25, 0.3) is 0 Å². The molecule has 6 heteroatoms. The Bertz CT molecular complexity index is 620. The van der Waals surface area contributed by atoms with Gasteiger partial charge in [0.25, 0.3) is 5.91 Å². The van der Waals surface area contributed by atoms with E-state index in [1.54, 1.807) is 24.3 Å². The zero-order chi connectivity index (χ0) is 15.9. The molecule has 0 fully saturated rings. The van der Waals surface area contributed by atoms with E-state index < -0.39 is 18.6 Å². The number of aliphatic hydroxyl groups is 1. The normalized spacial score (nSPS) is 12.0. The van der Waals surface area contributed by atoms with Gasteiger partial charge in [0.05, 0.1) is 12.6 Å². The van der Waals surface area contributed by atoms with E-state index in [0.29, 0.717) is 0 Å². The lowest BCUT2D eigenvalue weighted by atomic mass is 10.1. The minimum absolute atomic E-state index is 0.0945. The zero-order valence-corrected chi connectivity index (χ0v) is 11.6. The number of carbonyl (C=O) groups is 1. The van der Waals surface area contributed by atoms with Crippen molar-refractivity contribution in [3.05, 3.63) is 65.7 Å². The first-order valence-corrected chi connectivity index (χ1v) is 6.61. The lowest BCUT2D eigenvalue weighted by molar-refractivity contribution is -0.0498. The molecule has 2 N–H and O–H groups in total. The van der Waals surface area contributed by atoms with E-state index in [-0.39, 0.29) is 17.9 Å². The summed E-state index contributed by atoms with van der Waals surface area (Å²) >= 11 is 0. The van der Waals surface area contributed by atoms with E-state index in [4.69, 9.17) is 0 Å². The standard InChI is InChI=1S/C16H15F2NO3/c17-16(18)22-13-8-4-7-12(9-13)15(21)19-14(10-20)11-5-2-1-3-6-11/h1-9,14,16,20H,10H2,(H,19,21). The van der Waals surface area contributed by atoms with Gasteiger partial charge in [-0.3, -0.25) is 4.79 Å². The first kappa shape index (κ1) is 15.9. The molecule has 4 nitrogen and oxygen atoms in total. The Morgan fingerprint density at radius 2 is 1.86 bits per heavy atom. The molecule has 2 aromatic carbocycles. The number of carbonyl (C=O) groups excluding carboxylic acids is 1. The van der Waals surface area contributed by atoms with Gasteiger partial charge in [-0.2, -0.15) is 8.78 Å². The Kier molecular flexibility index (Phi) is 5.43. The van der Waals surface area contributed by atoms with E-state index in [1.165, 1.54) is 24.3 Å². The number of hydrogen-bond donors (Lipinski definition) is 2. The van der Waals surface area contributed by atoms with Crippen molar-refractivity contribution in [1.82, 2.24) is 5.32 Å². The van der Waals surface area contributed by atoms with Gasteiger partial charge >= 0.3 is 6.61 Å². The third-order valence-electron chi connectivity index (χ3n) is 3.01. The SMILES string of the molecule is O=C(NC(CO)c1ccccc1)c1cccc(OC(F)F)c1. The maximum atomic E-state index is 12.2. The van der Waals surface area contributed by atoms with E-state index >= 15 is 0 Å². The first-order chi connectivity index (χ1) is 10.6. The number of halogens is 2. The van der Waals surface area contributed by atoms with Gasteiger partial charge in [-0.15, -0.1) is 0 Å². The number of amides is 1. The Labute approximate surface area is 126 Å². The summed E-state index contributed by atoms with van der Waals surface area (Å²) in [7, 11) is 0. The van der Waals surface area contributed by atoms with Gasteiger partial charge in [0.1, 0.15) is 5.75 Å². The summed E-state index contributed by atoms with van der Waals surface area (Å²) in [4.78, 5) is 12.2. The minimum Gasteiger partial charge on any atom is -0.435 e. The van der Waals surface area contributed by atoms with Crippen LogP contribution in [0.2, 0.25) is 0 Å². The van der Waals surface area contributed by atoms with Crippen molar-refractivity contribution in [3.63, 3.8) is 0 Å². The van der Waals surface area contributed by atoms with Crippen LogP contribution in [0.5, 0.6) is 5.75 Å². The molecule has 0 aromatic heterocycles. The number of rotatable bonds is 6. The molecule has 0 spiro atoms. The molecule has 2 rings (SSSR count). The number of alkyl halides is 2. The van der Waals surface area contributed by atoms with Gasteiger partial charge < -0.3 is 15.2 Å². The third kappa shape index (κ3) is 4.26. The Morgan fingerprint density at radius 3 is 2.50 bits per heavy atom. The van der Waals surface area contributed by atoms with Crippen LogP contribution in [0.15, 0.2) is 54.6 Å². The maximum absolute atomic E-state index is 12.2. The number of hydrogen-bond acceptors (Lipinski definition) is 3. The first-order valence-electron chi connectivity index (χ1n) is 6.61. The minimum atomic E-state index is -2.95. The van der Waals surface area contributed by atoms with Crippen LogP contribution in [0, 0.1) is 0 Å². The fraction of sp³-hybridized carbons (Fsp3) is 0.188. The smallest absolute Gasteiger partial charge is 0.387 e. The van der Waals surface area contributed by atoms with Gasteiger partial charge in [-0.05, 0) is 23.8 Å². The van der Waals surface area contributed by atoms with Crippen molar-refractivity contribution in [2.75, 3.05) is 6.61 Å². The Morgan fingerprint density at radius 1 is 1.14 bits per heavy atom. The lowest BCUT2D eigenvalue weighted by Crippen LogP contribution is -2.30. The lowest BCUT2D eigenvalue weighted by Gasteiger charge is -2.17. The molecule has 0 radical (unpaired) electrons. The molecule has 1 atom stereocenters. The average Bonchev–Trinajstić information content (AvgIpc) is 2.53. The quantitative estimate of drug-likeness (QED) is 0.863. The molecule has 2 aromatic rings. The maximum Gasteiger partial charge on any atom is 0.387 e. The second kappa shape index (κ2) is 7.51. The average molecular weight is 307 g/mol. The van der Waals surface area contributed by atoms with Crippen LogP contribution in [0.1, 0.15) is 22.0 Å². The van der Waals surface area contributed by atoms with Crippen molar-refractivity contribution < 1.29 is 23.4 Å². The molecule has 1 unspecified atom stereocenters. The molecule has 0 heterocycles. The summed E-state index contributed by atoms with van der Waals surface area (Å²) in [5.41, 5.74) is 0.922. The zero-order valence-electron chi connectivity index (χ0n) is 11.6. The molecule has 0 aliphatic heterocycles. The predicted molar refractivity (Wildman–Crippen MR) is 76.8 cm³/mol. The van der Waals surface area contributed by atoms with E-state index in [2.05, 4.69) is 10.1 Å². The summed E-state index contributed by atoms with van der Waals surface area (Å²) in [6.45, 7) is -3.23. The third-order valence-corrected chi connectivity index (χ3v) is 3.01. The van der Waals surface area contributed by atoms with Crippen LogP contribution in [0.4, 0.5) is 8.78 Å². The van der Waals surface area contributed by atoms with E-state index in [1.807, 2.05) is 6.07 Å². The molecule has 0 aliphatic rings. The van der Waals surface area contributed by atoms with Crippen LogP contribution < -0.4 is 10.1 Å². The molecular formula is C16H15F2NO3. The van der Waals surface area contributed by atoms with Crippen LogP contribution in [0.3, 0.4) is 0 Å². The summed E-state index contributed by atoms with van der Waals surface area (Å²) in [5, 5.41) is 12.1. The molecule has 22 heavy (non-hydrogen) atoms. The molecule has 0 aliphatic carbocycles. The molecule has 0 saturated carbocycles. The fourth-order valence-electron chi connectivity index (χ4n) is 1.97. The summed E-state index contributed by atoms with van der Waals surface area (Å²) in [6.07, 6.45) is 0. The topological polar surface area (TPSA) is 58.6 Å². The highest BCUT2D eigenvalue weighted by atomic mass is 19.3. The monoisotopic (exact) mass is 307 g/mol. The number of ether oxygens (including phenoxy) is 1. The van der Waals surface area contributed by atoms with Gasteiger partial charge in [-0.25, -0.2) is 0 Å². The van der Waals surface area contributed by atoms with Gasteiger partial charge in [-0.1, -0.05) is 36.4 Å². The highest BCUT2D eigenvalue weighted by molar-refractivity contribution is 5.94. The molecule has 1 amide bonds. The van der Waals surface area contributed by atoms with Gasteiger partial charge in [0.15, 0.2) is 0 Å². The summed E-state index contributed by atoms with van der Waals surface area (Å²) in [6, 6.07) is 13.9. The van der Waals surface area contributed by atoms with Gasteiger partial charge in [0.2, 0.25) is 0 Å². The van der Waals surface area contributed by atoms with Crippen molar-refractivity contribution >= 4 is 5.91 Å². The largest absolute Gasteiger partial charge is 0.435 e. The highest BCUT2D eigenvalue weighted by Crippen LogP contribution is 2.17. The van der Waals surface area contributed by atoms with E-state index in [9.17, 15) is 18.7 Å². The van der Waals surface area contributed by atoms with Crippen molar-refractivity contribution in [2.24, 2.45) is 0 Å². The molecule has 116 valence electrons. The Balaban J connectivity index is 2.11. The highest BCUT2D eigenvalue weighted by Gasteiger charge is 2.15. The van der Waals surface area contributed by atoms with Crippen molar-refractivity contribution in [1.29, 1.82) is 0 Å². The number of aliphatic hydroxyl groups excluding tert-OH is 1. The number of nitrogens with one attached hydrogen (secondary N) is 1.